The molecule has 0 aliphatic carbocycles. The van der Waals surface area contributed by atoms with Gasteiger partial charge in [0.15, 0.2) is 0 Å². The molecule has 3 aliphatic rings. The van der Waals surface area contributed by atoms with Crippen LogP contribution in [0.5, 0.6) is 0 Å². The average Bonchev–Trinajstić information content (AvgIpc) is 3.41. The van der Waals surface area contributed by atoms with E-state index in [1.54, 1.807) is 0 Å². The van der Waals surface area contributed by atoms with Crippen molar-refractivity contribution >= 4 is 0 Å². The first-order chi connectivity index (χ1) is 13.6. The van der Waals surface area contributed by atoms with Crippen molar-refractivity contribution in [2.75, 3.05) is 52.4 Å². The van der Waals surface area contributed by atoms with E-state index in [1.165, 1.54) is 102 Å². The first-order valence-electron chi connectivity index (χ1n) is 12.3. The van der Waals surface area contributed by atoms with Crippen LogP contribution in [0.15, 0.2) is 11.4 Å². The normalized spacial score (nSPS) is 26.1. The molecule has 0 aromatic rings. The van der Waals surface area contributed by atoms with Crippen molar-refractivity contribution in [3.63, 3.8) is 0 Å². The third-order valence-electron chi connectivity index (χ3n) is 6.88. The summed E-state index contributed by atoms with van der Waals surface area (Å²) in [6, 6.07) is 1.64. The van der Waals surface area contributed by atoms with Crippen LogP contribution in [-0.4, -0.2) is 84.0 Å². The van der Waals surface area contributed by atoms with Gasteiger partial charge in [-0.1, -0.05) is 20.8 Å². The van der Waals surface area contributed by atoms with Gasteiger partial charge in [-0.3, -0.25) is 4.90 Å². The van der Waals surface area contributed by atoms with Crippen molar-refractivity contribution in [1.29, 1.82) is 0 Å². The van der Waals surface area contributed by atoms with Crippen LogP contribution >= 0.6 is 0 Å². The average molecular weight is 393 g/mol. The Bertz CT molecular complexity index is 471. The van der Waals surface area contributed by atoms with Crippen molar-refractivity contribution in [3.8, 4) is 0 Å². The zero-order valence-corrected chi connectivity index (χ0v) is 19.8. The largest absolute Gasteiger partial charge is 0.357 e. The Morgan fingerprint density at radius 3 is 2.07 bits per heavy atom. The molecule has 0 radical (unpaired) electrons. The molecule has 3 rings (SSSR count). The molecule has 0 saturated carbocycles. The molecule has 28 heavy (non-hydrogen) atoms. The highest BCUT2D eigenvalue weighted by Gasteiger charge is 2.28. The maximum atomic E-state index is 2.74. The van der Waals surface area contributed by atoms with Gasteiger partial charge in [-0.25, -0.2) is 0 Å². The lowest BCUT2D eigenvalue weighted by Crippen LogP contribution is -2.37. The van der Waals surface area contributed by atoms with Gasteiger partial charge in [0, 0.05) is 51.4 Å². The molecule has 2 unspecified atom stereocenters. The fourth-order valence-electron chi connectivity index (χ4n) is 5.41. The number of rotatable bonds is 8. The van der Waals surface area contributed by atoms with Crippen LogP contribution in [0.3, 0.4) is 0 Å². The van der Waals surface area contributed by atoms with E-state index in [4.69, 9.17) is 0 Å². The summed E-state index contributed by atoms with van der Waals surface area (Å²) in [5.41, 5.74) is 1.49. The molecule has 0 spiro atoms. The van der Waals surface area contributed by atoms with Crippen LogP contribution in [0, 0.1) is 0 Å². The molecule has 3 aliphatic heterocycles. The topological polar surface area (TPSA) is 13.0 Å². The first-order valence-corrected chi connectivity index (χ1v) is 12.3. The molecule has 0 amide bonds. The molecule has 3 saturated heterocycles. The molecule has 0 aromatic carbocycles. The summed E-state index contributed by atoms with van der Waals surface area (Å²) in [6.07, 6.45) is 8.22. The van der Waals surface area contributed by atoms with E-state index >= 15 is 0 Å². The van der Waals surface area contributed by atoms with Crippen LogP contribution in [0.2, 0.25) is 0 Å². The van der Waals surface area contributed by atoms with Crippen molar-refractivity contribution in [2.24, 2.45) is 0 Å². The van der Waals surface area contributed by atoms with E-state index in [1.807, 2.05) is 13.8 Å². The van der Waals surface area contributed by atoms with Crippen molar-refractivity contribution < 1.29 is 0 Å². The fraction of sp³-hybridized carbons (Fsp3) is 0.917. The Balaban J connectivity index is 0.00000136. The van der Waals surface area contributed by atoms with Crippen molar-refractivity contribution in [2.45, 2.75) is 92.2 Å². The quantitative estimate of drug-likeness (QED) is 0.597. The van der Waals surface area contributed by atoms with E-state index in [-0.39, 0.29) is 0 Å². The first kappa shape index (κ1) is 23.5. The minimum atomic E-state index is 0.806. The zero-order chi connectivity index (χ0) is 20.5. The highest BCUT2D eigenvalue weighted by atomic mass is 15.4. The summed E-state index contributed by atoms with van der Waals surface area (Å²) >= 11 is 0. The Morgan fingerprint density at radius 1 is 0.821 bits per heavy atom. The maximum absolute atomic E-state index is 2.74. The Hall–Kier alpha value is -0.740. The van der Waals surface area contributed by atoms with Gasteiger partial charge in [-0.15, -0.1) is 0 Å². The number of nitrogens with zero attached hydrogens (tertiary/aromatic N) is 4. The summed E-state index contributed by atoms with van der Waals surface area (Å²) in [6.45, 7) is 23.4. The summed E-state index contributed by atoms with van der Waals surface area (Å²) in [7, 11) is 0. The van der Waals surface area contributed by atoms with Crippen LogP contribution < -0.4 is 0 Å². The van der Waals surface area contributed by atoms with Gasteiger partial charge in [-0.2, -0.15) is 0 Å². The molecule has 164 valence electrons. The van der Waals surface area contributed by atoms with Gasteiger partial charge < -0.3 is 14.7 Å². The maximum Gasteiger partial charge on any atom is 0.103 e. The molecule has 3 fully saturated rings. The standard InChI is InChI=1S/C22H42N4.C2H6/c1-5-21-10-7-12-24(21)15-16-26-18-17-25(22(26)19(2)3)14-8-13-23-11-6-9-20(23)4;1-2/h20-21H,5-18H2,1-4H3;1-2H3. The highest BCUT2D eigenvalue weighted by molar-refractivity contribution is 5.12. The van der Waals surface area contributed by atoms with Gasteiger partial charge in [0.2, 0.25) is 0 Å². The van der Waals surface area contributed by atoms with Gasteiger partial charge in [0.1, 0.15) is 5.82 Å². The van der Waals surface area contributed by atoms with E-state index < -0.39 is 0 Å². The number of likely N-dealkylation sites (tertiary alicyclic amines) is 2. The SMILES string of the molecule is CC.CCC1CCCN1CCN1CCN(CCCN2CCCC2C)C1=C(C)C. The van der Waals surface area contributed by atoms with Crippen molar-refractivity contribution in [1.82, 2.24) is 19.6 Å². The second kappa shape index (κ2) is 12.1. The minimum absolute atomic E-state index is 0.806. The molecular weight excluding hydrogens is 344 g/mol. The molecule has 2 atom stereocenters. The molecule has 0 bridgehead atoms. The molecule has 4 nitrogen and oxygen atoms in total. The number of hydrogen-bond donors (Lipinski definition) is 0. The van der Waals surface area contributed by atoms with Gasteiger partial charge in [0.25, 0.3) is 0 Å². The van der Waals surface area contributed by atoms with Crippen LogP contribution in [0.25, 0.3) is 0 Å². The van der Waals surface area contributed by atoms with Gasteiger partial charge in [-0.05, 0) is 78.0 Å². The highest BCUT2D eigenvalue weighted by Crippen LogP contribution is 2.25. The smallest absolute Gasteiger partial charge is 0.103 e. The molecular formula is C24H48N4. The summed E-state index contributed by atoms with van der Waals surface area (Å²) in [4.78, 5) is 10.8. The van der Waals surface area contributed by atoms with E-state index in [0.717, 1.165) is 12.1 Å². The fourth-order valence-corrected chi connectivity index (χ4v) is 5.41. The van der Waals surface area contributed by atoms with E-state index in [9.17, 15) is 0 Å². The molecule has 4 heteroatoms. The lowest BCUT2D eigenvalue weighted by atomic mass is 10.2. The Labute approximate surface area is 175 Å². The minimum Gasteiger partial charge on any atom is -0.357 e. The second-order valence-corrected chi connectivity index (χ2v) is 8.92. The molecule has 3 heterocycles. The summed E-state index contributed by atoms with van der Waals surface area (Å²) in [5, 5.41) is 0. The molecule has 0 aromatic heterocycles. The number of hydrogen-bond acceptors (Lipinski definition) is 4. The lowest BCUT2D eigenvalue weighted by molar-refractivity contribution is 0.212. The van der Waals surface area contributed by atoms with Crippen LogP contribution in [0.1, 0.15) is 80.1 Å². The third-order valence-corrected chi connectivity index (χ3v) is 6.88. The van der Waals surface area contributed by atoms with Crippen molar-refractivity contribution in [3.05, 3.63) is 11.4 Å². The predicted octanol–water partition coefficient (Wildman–Crippen LogP) is 4.63. The van der Waals surface area contributed by atoms with E-state index in [2.05, 4.69) is 47.3 Å². The van der Waals surface area contributed by atoms with Gasteiger partial charge in [0.05, 0.1) is 0 Å². The number of allylic oxidation sites excluding steroid dienone is 1. The zero-order valence-electron chi connectivity index (χ0n) is 19.8. The summed E-state index contributed by atoms with van der Waals surface area (Å²) < 4.78 is 0. The lowest BCUT2D eigenvalue weighted by Gasteiger charge is -2.30. The molecule has 0 N–H and O–H groups in total. The van der Waals surface area contributed by atoms with Crippen LogP contribution in [0.4, 0.5) is 0 Å². The predicted molar refractivity (Wildman–Crippen MR) is 123 cm³/mol. The van der Waals surface area contributed by atoms with E-state index in [0.29, 0.717) is 0 Å². The monoisotopic (exact) mass is 392 g/mol. The second-order valence-electron chi connectivity index (χ2n) is 8.92. The summed E-state index contributed by atoms with van der Waals surface area (Å²) in [5.74, 6) is 1.53. The van der Waals surface area contributed by atoms with Gasteiger partial charge >= 0.3 is 0 Å². The van der Waals surface area contributed by atoms with Crippen LogP contribution in [-0.2, 0) is 0 Å². The Morgan fingerprint density at radius 2 is 1.46 bits per heavy atom. The Kier molecular flexibility index (Phi) is 10.1. The third kappa shape index (κ3) is 6.13.